The normalized spacial score (nSPS) is 10.8. The van der Waals surface area contributed by atoms with Gasteiger partial charge in [0.15, 0.2) is 0 Å². The molecule has 0 saturated heterocycles. The molecule has 0 aliphatic heterocycles. The van der Waals surface area contributed by atoms with Gasteiger partial charge in [-0.1, -0.05) is 18.2 Å². The van der Waals surface area contributed by atoms with E-state index in [1.165, 1.54) is 0 Å². The Balaban J connectivity index is 1.64. The molecule has 24 heavy (non-hydrogen) atoms. The summed E-state index contributed by atoms with van der Waals surface area (Å²) in [6, 6.07) is 7.85. The van der Waals surface area contributed by atoms with Gasteiger partial charge in [-0.05, 0) is 31.0 Å². The van der Waals surface area contributed by atoms with Crippen molar-refractivity contribution in [1.29, 1.82) is 0 Å². The molecule has 6 nitrogen and oxygen atoms in total. The number of anilines is 1. The zero-order chi connectivity index (χ0) is 16.9. The van der Waals surface area contributed by atoms with Gasteiger partial charge in [-0.15, -0.1) is 0 Å². The van der Waals surface area contributed by atoms with Crippen molar-refractivity contribution < 1.29 is 4.79 Å². The van der Waals surface area contributed by atoms with Crippen LogP contribution in [0.5, 0.6) is 0 Å². The van der Waals surface area contributed by atoms with Crippen molar-refractivity contribution in [3.63, 3.8) is 0 Å². The zero-order valence-corrected chi connectivity index (χ0v) is 13.9. The molecule has 0 unspecified atom stereocenters. The van der Waals surface area contributed by atoms with Gasteiger partial charge in [0.05, 0.1) is 12.7 Å². The highest BCUT2D eigenvalue weighted by Crippen LogP contribution is 2.17. The van der Waals surface area contributed by atoms with E-state index in [9.17, 15) is 4.79 Å². The van der Waals surface area contributed by atoms with Crippen LogP contribution in [0.2, 0.25) is 0 Å². The Labute approximate surface area is 141 Å². The molecule has 0 fully saturated rings. The topological polar surface area (TPSA) is 64.7 Å². The van der Waals surface area contributed by atoms with Crippen molar-refractivity contribution in [3.05, 3.63) is 66.0 Å². The highest BCUT2D eigenvalue weighted by atomic mass is 16.1. The van der Waals surface area contributed by atoms with Crippen molar-refractivity contribution in [3.8, 4) is 0 Å². The van der Waals surface area contributed by atoms with Gasteiger partial charge < -0.3 is 9.88 Å². The van der Waals surface area contributed by atoms with Crippen LogP contribution in [0.3, 0.4) is 0 Å². The average Bonchev–Trinajstić information content (AvgIpc) is 3.16. The van der Waals surface area contributed by atoms with E-state index in [2.05, 4.69) is 20.0 Å². The Morgan fingerprint density at radius 3 is 2.79 bits per heavy atom. The Kier molecular flexibility index (Phi) is 4.74. The van der Waals surface area contributed by atoms with Crippen LogP contribution in [0.25, 0.3) is 0 Å². The molecule has 1 N–H and O–H groups in total. The maximum atomic E-state index is 12.2. The van der Waals surface area contributed by atoms with Crippen molar-refractivity contribution >= 4 is 11.6 Å². The molecule has 6 heteroatoms. The second-order valence-electron chi connectivity index (χ2n) is 5.84. The van der Waals surface area contributed by atoms with Crippen molar-refractivity contribution in [1.82, 2.24) is 19.3 Å². The first-order valence-corrected chi connectivity index (χ1v) is 7.96. The number of rotatable bonds is 6. The smallest absolute Gasteiger partial charge is 0.226 e. The third-order valence-corrected chi connectivity index (χ3v) is 3.89. The van der Waals surface area contributed by atoms with Crippen LogP contribution < -0.4 is 5.32 Å². The second-order valence-corrected chi connectivity index (χ2v) is 5.84. The largest absolute Gasteiger partial charge is 0.331 e. The second kappa shape index (κ2) is 7.12. The molecule has 3 aromatic rings. The van der Waals surface area contributed by atoms with Crippen LogP contribution in [-0.4, -0.2) is 25.2 Å². The summed E-state index contributed by atoms with van der Waals surface area (Å²) < 4.78 is 3.84. The number of benzene rings is 1. The van der Waals surface area contributed by atoms with Crippen LogP contribution in [0.4, 0.5) is 5.69 Å². The summed E-state index contributed by atoms with van der Waals surface area (Å²) in [5.41, 5.74) is 2.99. The molecule has 0 bridgehead atoms. The number of nitrogens with one attached hydrogen (secondary N) is 1. The highest BCUT2D eigenvalue weighted by Gasteiger charge is 2.08. The Morgan fingerprint density at radius 1 is 1.25 bits per heavy atom. The third kappa shape index (κ3) is 3.90. The number of hydrogen-bond donors (Lipinski definition) is 1. The molecule has 0 spiro atoms. The first-order valence-electron chi connectivity index (χ1n) is 7.96. The first kappa shape index (κ1) is 16.0. The van der Waals surface area contributed by atoms with Gasteiger partial charge in [0, 0.05) is 37.2 Å². The van der Waals surface area contributed by atoms with E-state index >= 15 is 0 Å². The number of carbonyl (C=O) groups is 1. The number of hydrogen-bond acceptors (Lipinski definition) is 3. The van der Waals surface area contributed by atoms with Crippen LogP contribution in [0, 0.1) is 13.8 Å². The SMILES string of the molecule is Cc1cnn(CCC(=O)Nc2ccccc2Cn2ccnc2C)c1. The highest BCUT2D eigenvalue weighted by molar-refractivity contribution is 5.91. The molecule has 0 saturated carbocycles. The Morgan fingerprint density at radius 2 is 2.08 bits per heavy atom. The average molecular weight is 323 g/mol. The minimum Gasteiger partial charge on any atom is -0.331 e. The van der Waals surface area contributed by atoms with E-state index in [-0.39, 0.29) is 5.91 Å². The van der Waals surface area contributed by atoms with E-state index < -0.39 is 0 Å². The molecule has 0 radical (unpaired) electrons. The van der Waals surface area contributed by atoms with Crippen LogP contribution in [-0.2, 0) is 17.9 Å². The lowest BCUT2D eigenvalue weighted by Gasteiger charge is -2.12. The molecule has 1 amide bonds. The number of imidazole rings is 1. The molecule has 2 heterocycles. The molecule has 124 valence electrons. The van der Waals surface area contributed by atoms with Crippen molar-refractivity contribution in [2.24, 2.45) is 0 Å². The summed E-state index contributed by atoms with van der Waals surface area (Å²) in [4.78, 5) is 16.5. The van der Waals surface area contributed by atoms with Gasteiger partial charge in [-0.25, -0.2) is 4.98 Å². The fourth-order valence-electron chi connectivity index (χ4n) is 2.55. The predicted molar refractivity (Wildman–Crippen MR) is 92.7 cm³/mol. The first-order chi connectivity index (χ1) is 11.6. The minimum absolute atomic E-state index is 0.0158. The fraction of sp³-hybridized carbons (Fsp3) is 0.278. The number of amides is 1. The van der Waals surface area contributed by atoms with E-state index in [1.807, 2.05) is 50.5 Å². The fourth-order valence-corrected chi connectivity index (χ4v) is 2.55. The number of carbonyl (C=O) groups excluding carboxylic acids is 1. The maximum absolute atomic E-state index is 12.2. The molecule has 2 aromatic heterocycles. The molecule has 0 aliphatic carbocycles. The molecule has 3 rings (SSSR count). The van der Waals surface area contributed by atoms with Crippen LogP contribution in [0.15, 0.2) is 49.1 Å². The van der Waals surface area contributed by atoms with Crippen molar-refractivity contribution in [2.75, 3.05) is 5.32 Å². The van der Waals surface area contributed by atoms with E-state index in [0.717, 1.165) is 22.6 Å². The van der Waals surface area contributed by atoms with Crippen LogP contribution >= 0.6 is 0 Å². The number of aromatic nitrogens is 4. The lowest BCUT2D eigenvalue weighted by molar-refractivity contribution is -0.116. The van der Waals surface area contributed by atoms with E-state index in [4.69, 9.17) is 0 Å². The lowest BCUT2D eigenvalue weighted by atomic mass is 10.1. The molecule has 1 aromatic carbocycles. The third-order valence-electron chi connectivity index (χ3n) is 3.89. The molecular formula is C18H21N5O. The van der Waals surface area contributed by atoms with Crippen LogP contribution in [0.1, 0.15) is 23.4 Å². The Hall–Kier alpha value is -2.89. The zero-order valence-electron chi connectivity index (χ0n) is 13.9. The maximum Gasteiger partial charge on any atom is 0.226 e. The van der Waals surface area contributed by atoms with Gasteiger partial charge in [-0.2, -0.15) is 5.10 Å². The molecule has 0 aliphatic rings. The summed E-state index contributed by atoms with van der Waals surface area (Å²) in [5, 5.41) is 7.20. The summed E-state index contributed by atoms with van der Waals surface area (Å²) in [5.74, 6) is 0.933. The summed E-state index contributed by atoms with van der Waals surface area (Å²) >= 11 is 0. The van der Waals surface area contributed by atoms with Crippen molar-refractivity contribution in [2.45, 2.75) is 33.4 Å². The quantitative estimate of drug-likeness (QED) is 0.758. The van der Waals surface area contributed by atoms with Gasteiger partial charge in [0.2, 0.25) is 5.91 Å². The summed E-state index contributed by atoms with van der Waals surface area (Å²) in [6.07, 6.45) is 7.83. The molecule has 0 atom stereocenters. The van der Waals surface area contributed by atoms with Gasteiger partial charge >= 0.3 is 0 Å². The summed E-state index contributed by atoms with van der Waals surface area (Å²) in [7, 11) is 0. The van der Waals surface area contributed by atoms with Gasteiger partial charge in [0.25, 0.3) is 0 Å². The number of para-hydroxylation sites is 1. The predicted octanol–water partition coefficient (Wildman–Crippen LogP) is 2.77. The van der Waals surface area contributed by atoms with E-state index in [1.54, 1.807) is 17.1 Å². The van der Waals surface area contributed by atoms with E-state index in [0.29, 0.717) is 19.5 Å². The Bertz CT molecular complexity index is 833. The monoisotopic (exact) mass is 323 g/mol. The molecular weight excluding hydrogens is 302 g/mol. The minimum atomic E-state index is -0.0158. The van der Waals surface area contributed by atoms with Gasteiger partial charge in [-0.3, -0.25) is 9.48 Å². The lowest BCUT2D eigenvalue weighted by Crippen LogP contribution is -2.16. The standard InChI is InChI=1S/C18H21N5O/c1-14-11-20-23(12-14)9-7-18(24)21-17-6-4-3-5-16(17)13-22-10-8-19-15(22)2/h3-6,8,10-12H,7,9,13H2,1-2H3,(H,21,24). The summed E-state index contributed by atoms with van der Waals surface area (Å²) in [6.45, 7) is 5.20. The number of aryl methyl sites for hydroxylation is 3. The number of nitrogens with zero attached hydrogens (tertiary/aromatic N) is 4. The van der Waals surface area contributed by atoms with Gasteiger partial charge in [0.1, 0.15) is 5.82 Å².